The van der Waals surface area contributed by atoms with Gasteiger partial charge in [0.05, 0.1) is 0 Å². The van der Waals surface area contributed by atoms with E-state index in [2.05, 4.69) is 19.2 Å². The fraction of sp³-hybridized carbons (Fsp3) is 0.933. The molecular weight excluding hydrogens is 224 g/mol. The Bertz CT molecular complexity index is 225. The normalized spacial score (nSPS) is 17.8. The van der Waals surface area contributed by atoms with Crippen molar-refractivity contribution in [2.24, 2.45) is 0 Å². The van der Waals surface area contributed by atoms with Crippen molar-refractivity contribution in [3.63, 3.8) is 0 Å². The molecule has 0 radical (unpaired) electrons. The summed E-state index contributed by atoms with van der Waals surface area (Å²) in [5, 5.41) is 3.53. The van der Waals surface area contributed by atoms with Crippen LogP contribution in [0.3, 0.4) is 0 Å². The first-order valence-electron chi connectivity index (χ1n) is 7.79. The van der Waals surface area contributed by atoms with E-state index >= 15 is 0 Å². The molecule has 1 aliphatic heterocycles. The summed E-state index contributed by atoms with van der Waals surface area (Å²) in [4.78, 5) is 14.0. The van der Waals surface area contributed by atoms with Crippen LogP contribution in [0.2, 0.25) is 0 Å². The van der Waals surface area contributed by atoms with Crippen molar-refractivity contribution in [1.29, 1.82) is 0 Å². The number of hydrogen-bond donors (Lipinski definition) is 1. The van der Waals surface area contributed by atoms with E-state index in [0.717, 1.165) is 26.1 Å². The number of nitrogens with zero attached hydrogens (tertiary/aromatic N) is 1. The number of likely N-dealkylation sites (tertiary alicyclic amines) is 1. The second-order valence-electron chi connectivity index (χ2n) is 5.39. The molecule has 1 saturated heterocycles. The van der Waals surface area contributed by atoms with E-state index in [1.807, 2.05) is 4.90 Å². The molecule has 1 amide bonds. The van der Waals surface area contributed by atoms with E-state index in [9.17, 15) is 4.79 Å². The molecule has 1 N–H and O–H groups in total. The molecule has 0 aliphatic carbocycles. The monoisotopic (exact) mass is 254 g/mol. The Balaban J connectivity index is 2.13. The molecule has 0 saturated carbocycles. The van der Waals surface area contributed by atoms with E-state index in [-0.39, 0.29) is 0 Å². The summed E-state index contributed by atoms with van der Waals surface area (Å²) >= 11 is 0. The molecule has 1 rings (SSSR count). The third kappa shape index (κ3) is 5.85. The summed E-state index contributed by atoms with van der Waals surface area (Å²) in [7, 11) is 0. The van der Waals surface area contributed by atoms with Crippen LogP contribution in [0.5, 0.6) is 0 Å². The van der Waals surface area contributed by atoms with Crippen molar-refractivity contribution in [2.75, 3.05) is 19.6 Å². The number of hydrogen-bond acceptors (Lipinski definition) is 2. The Labute approximate surface area is 112 Å². The van der Waals surface area contributed by atoms with Gasteiger partial charge in [0.15, 0.2) is 0 Å². The van der Waals surface area contributed by atoms with Crippen molar-refractivity contribution in [2.45, 2.75) is 71.3 Å². The fourth-order valence-electron chi connectivity index (χ4n) is 2.59. The lowest BCUT2D eigenvalue weighted by Gasteiger charge is -2.27. The highest BCUT2D eigenvalue weighted by Crippen LogP contribution is 2.10. The van der Waals surface area contributed by atoms with Gasteiger partial charge in [-0.2, -0.15) is 0 Å². The maximum Gasteiger partial charge on any atom is 0.223 e. The average Bonchev–Trinajstić information content (AvgIpc) is 2.43. The van der Waals surface area contributed by atoms with Crippen LogP contribution >= 0.6 is 0 Å². The average molecular weight is 254 g/mol. The maximum absolute atomic E-state index is 12.0. The van der Waals surface area contributed by atoms with Crippen LogP contribution in [0.4, 0.5) is 0 Å². The summed E-state index contributed by atoms with van der Waals surface area (Å²) in [6, 6.07) is 0.596. The van der Waals surface area contributed by atoms with E-state index < -0.39 is 0 Å². The number of rotatable bonds is 8. The molecule has 0 aromatic carbocycles. The van der Waals surface area contributed by atoms with Crippen molar-refractivity contribution in [1.82, 2.24) is 10.2 Å². The molecule has 1 unspecified atom stereocenters. The summed E-state index contributed by atoms with van der Waals surface area (Å²) in [5.74, 6) is 0.340. The highest BCUT2D eigenvalue weighted by molar-refractivity contribution is 5.76. The molecule has 0 aromatic rings. The number of carbonyl (C=O) groups is 1. The molecule has 1 heterocycles. The van der Waals surface area contributed by atoms with Crippen LogP contribution in [0.25, 0.3) is 0 Å². The number of nitrogens with one attached hydrogen (secondary N) is 1. The second kappa shape index (κ2) is 9.37. The van der Waals surface area contributed by atoms with Crippen molar-refractivity contribution in [3.05, 3.63) is 0 Å². The topological polar surface area (TPSA) is 32.3 Å². The van der Waals surface area contributed by atoms with Crippen LogP contribution in [0, 0.1) is 0 Å². The molecule has 1 atom stereocenters. The van der Waals surface area contributed by atoms with Crippen LogP contribution in [0.15, 0.2) is 0 Å². The number of amides is 1. The van der Waals surface area contributed by atoms with Crippen LogP contribution in [-0.2, 0) is 4.79 Å². The zero-order chi connectivity index (χ0) is 13.2. The predicted octanol–water partition coefficient (Wildman–Crippen LogP) is 2.95. The van der Waals surface area contributed by atoms with Crippen molar-refractivity contribution < 1.29 is 4.79 Å². The van der Waals surface area contributed by atoms with Gasteiger partial charge in [-0.25, -0.2) is 0 Å². The van der Waals surface area contributed by atoms with Gasteiger partial charge in [-0.15, -0.1) is 0 Å². The van der Waals surface area contributed by atoms with Gasteiger partial charge in [-0.1, -0.05) is 26.7 Å². The van der Waals surface area contributed by atoms with Crippen LogP contribution in [-0.4, -0.2) is 36.5 Å². The van der Waals surface area contributed by atoms with Gasteiger partial charge in [0.2, 0.25) is 5.91 Å². The third-order valence-corrected chi connectivity index (χ3v) is 3.88. The summed E-state index contributed by atoms with van der Waals surface area (Å²) < 4.78 is 0. The number of carbonyl (C=O) groups excluding carboxylic acids is 1. The zero-order valence-corrected chi connectivity index (χ0v) is 12.2. The first-order valence-corrected chi connectivity index (χ1v) is 7.79. The summed E-state index contributed by atoms with van der Waals surface area (Å²) in [5.41, 5.74) is 0. The quantitative estimate of drug-likeness (QED) is 0.722. The lowest BCUT2D eigenvalue weighted by Crippen LogP contribution is -2.38. The molecule has 0 spiro atoms. The predicted molar refractivity (Wildman–Crippen MR) is 76.7 cm³/mol. The third-order valence-electron chi connectivity index (χ3n) is 3.88. The Hall–Kier alpha value is -0.570. The summed E-state index contributed by atoms with van der Waals surface area (Å²) in [6.07, 6.45) is 9.28. The fourth-order valence-corrected chi connectivity index (χ4v) is 2.59. The SMILES string of the molecule is CCCCC(CC)NCCC(=O)N1CCCCC1. The second-order valence-corrected chi connectivity index (χ2v) is 5.39. The Morgan fingerprint density at radius 1 is 1.22 bits per heavy atom. The number of unbranched alkanes of at least 4 members (excludes halogenated alkanes) is 1. The van der Waals surface area contributed by atoms with Gasteiger partial charge >= 0.3 is 0 Å². The Morgan fingerprint density at radius 2 is 1.94 bits per heavy atom. The maximum atomic E-state index is 12.0. The lowest BCUT2D eigenvalue weighted by atomic mass is 10.1. The van der Waals surface area contributed by atoms with Gasteiger partial charge in [0, 0.05) is 32.1 Å². The summed E-state index contributed by atoms with van der Waals surface area (Å²) in [6.45, 7) is 7.25. The largest absolute Gasteiger partial charge is 0.343 e. The molecule has 3 nitrogen and oxygen atoms in total. The molecule has 1 fully saturated rings. The van der Waals surface area contributed by atoms with Crippen LogP contribution < -0.4 is 5.32 Å². The standard InChI is InChI=1S/C15H30N2O/c1-3-5-9-14(4-2)16-11-10-15(18)17-12-7-6-8-13-17/h14,16H,3-13H2,1-2H3. The highest BCUT2D eigenvalue weighted by atomic mass is 16.2. The molecule has 0 bridgehead atoms. The lowest BCUT2D eigenvalue weighted by molar-refractivity contribution is -0.132. The number of piperidine rings is 1. The van der Waals surface area contributed by atoms with Gasteiger partial charge in [0.25, 0.3) is 0 Å². The Kier molecular flexibility index (Phi) is 8.06. The zero-order valence-electron chi connectivity index (χ0n) is 12.2. The first kappa shape index (κ1) is 15.5. The van der Waals surface area contributed by atoms with Gasteiger partial charge in [-0.3, -0.25) is 4.79 Å². The van der Waals surface area contributed by atoms with E-state index in [4.69, 9.17) is 0 Å². The van der Waals surface area contributed by atoms with E-state index in [1.54, 1.807) is 0 Å². The minimum Gasteiger partial charge on any atom is -0.343 e. The highest BCUT2D eigenvalue weighted by Gasteiger charge is 2.16. The minimum atomic E-state index is 0.340. The smallest absolute Gasteiger partial charge is 0.223 e. The van der Waals surface area contributed by atoms with Gasteiger partial charge in [-0.05, 0) is 32.1 Å². The minimum absolute atomic E-state index is 0.340. The van der Waals surface area contributed by atoms with Gasteiger partial charge in [0.1, 0.15) is 0 Å². The first-order chi connectivity index (χ1) is 8.77. The molecule has 1 aliphatic rings. The molecule has 106 valence electrons. The van der Waals surface area contributed by atoms with Crippen molar-refractivity contribution in [3.8, 4) is 0 Å². The molecule has 18 heavy (non-hydrogen) atoms. The van der Waals surface area contributed by atoms with E-state index in [1.165, 1.54) is 38.5 Å². The van der Waals surface area contributed by atoms with Gasteiger partial charge < -0.3 is 10.2 Å². The molecule has 0 aromatic heterocycles. The Morgan fingerprint density at radius 3 is 2.56 bits per heavy atom. The van der Waals surface area contributed by atoms with E-state index in [0.29, 0.717) is 18.4 Å². The molecular formula is C15H30N2O. The molecule has 3 heteroatoms. The van der Waals surface area contributed by atoms with Crippen LogP contribution in [0.1, 0.15) is 65.2 Å². The van der Waals surface area contributed by atoms with Crippen molar-refractivity contribution >= 4 is 5.91 Å².